The first-order chi connectivity index (χ1) is 12.7. The minimum Gasteiger partial charge on any atom is -0.475 e. The zero-order valence-corrected chi connectivity index (χ0v) is 18.6. The van der Waals surface area contributed by atoms with E-state index < -0.39 is 11.8 Å². The summed E-state index contributed by atoms with van der Waals surface area (Å²) in [4.78, 5) is 26.9. The van der Waals surface area contributed by atoms with E-state index in [0.29, 0.717) is 6.04 Å². The molecule has 3 unspecified atom stereocenters. The van der Waals surface area contributed by atoms with Gasteiger partial charge >= 0.3 is 5.97 Å². The lowest BCUT2D eigenvalue weighted by molar-refractivity contribution is -0.147. The van der Waals surface area contributed by atoms with Gasteiger partial charge in [0.2, 0.25) is 0 Å². The van der Waals surface area contributed by atoms with E-state index in [9.17, 15) is 9.59 Å². The molecule has 0 heterocycles. The third kappa shape index (κ3) is 9.94. The van der Waals surface area contributed by atoms with E-state index in [0.717, 1.165) is 31.7 Å². The molecule has 27 heavy (non-hydrogen) atoms. The predicted molar refractivity (Wildman–Crippen MR) is 113 cm³/mol. The van der Waals surface area contributed by atoms with Crippen LogP contribution in [0.25, 0.3) is 0 Å². The van der Waals surface area contributed by atoms with Crippen LogP contribution >= 0.6 is 0 Å². The summed E-state index contributed by atoms with van der Waals surface area (Å²) in [5.41, 5.74) is 0.266. The van der Waals surface area contributed by atoms with E-state index >= 15 is 0 Å². The van der Waals surface area contributed by atoms with Crippen LogP contribution in [0.15, 0.2) is 11.8 Å². The summed E-state index contributed by atoms with van der Waals surface area (Å²) in [5.74, 6) is -1.42. The van der Waals surface area contributed by atoms with Crippen LogP contribution in [0.4, 0.5) is 0 Å². The average molecular weight is 383 g/mol. The van der Waals surface area contributed by atoms with E-state index in [1.54, 1.807) is 13.1 Å². The predicted octanol–water partition coefficient (Wildman–Crippen LogP) is 4.57. The maximum absolute atomic E-state index is 11.6. The smallest absolute Gasteiger partial charge is 0.376 e. The Bertz CT molecular complexity index is 476. The summed E-state index contributed by atoms with van der Waals surface area (Å²) in [6.07, 6.45) is 10.0. The molecule has 0 aromatic heterocycles. The molecule has 5 nitrogen and oxygen atoms in total. The number of rotatable bonds is 15. The van der Waals surface area contributed by atoms with Crippen LogP contribution < -0.4 is 0 Å². The molecule has 0 aliphatic heterocycles. The van der Waals surface area contributed by atoms with Crippen LogP contribution in [0.5, 0.6) is 0 Å². The van der Waals surface area contributed by atoms with Gasteiger partial charge < -0.3 is 14.9 Å². The minimum absolute atomic E-state index is 0.234. The lowest BCUT2D eigenvalue weighted by Gasteiger charge is -2.34. The van der Waals surface area contributed by atoms with E-state index in [2.05, 4.69) is 39.6 Å². The van der Waals surface area contributed by atoms with Gasteiger partial charge in [-0.15, -0.1) is 0 Å². The first-order valence-electron chi connectivity index (χ1n) is 10.6. The molecule has 0 bridgehead atoms. The highest BCUT2D eigenvalue weighted by molar-refractivity contribution is 6.39. The molecular weight excluding hydrogens is 340 g/mol. The van der Waals surface area contributed by atoms with Crippen molar-refractivity contribution in [2.45, 2.75) is 91.6 Å². The summed E-state index contributed by atoms with van der Waals surface area (Å²) in [7, 11) is 4.14. The lowest BCUT2D eigenvalue weighted by Crippen LogP contribution is -2.39. The number of hydrogen-bond acceptors (Lipinski definition) is 4. The Labute approximate surface area is 166 Å². The Kier molecular flexibility index (Phi) is 13.1. The van der Waals surface area contributed by atoms with Gasteiger partial charge in [0.25, 0.3) is 5.78 Å². The Hall–Kier alpha value is -1.36. The minimum atomic E-state index is -1.40. The molecule has 5 heteroatoms. The number of carbonyl (C=O) groups excluding carboxylic acids is 1. The van der Waals surface area contributed by atoms with Gasteiger partial charge in [0, 0.05) is 30.9 Å². The summed E-state index contributed by atoms with van der Waals surface area (Å²) >= 11 is 0. The van der Waals surface area contributed by atoms with Crippen LogP contribution in [0, 0.1) is 5.92 Å². The Morgan fingerprint density at radius 3 is 2.11 bits per heavy atom. The summed E-state index contributed by atoms with van der Waals surface area (Å²) in [6.45, 7) is 11.6. The number of carboxylic acids is 1. The highest BCUT2D eigenvalue weighted by Crippen LogP contribution is 2.20. The van der Waals surface area contributed by atoms with Gasteiger partial charge in [-0.2, -0.15) is 0 Å². The van der Waals surface area contributed by atoms with Crippen molar-refractivity contribution < 1.29 is 14.7 Å². The summed E-state index contributed by atoms with van der Waals surface area (Å²) in [5, 5.41) is 8.84. The van der Waals surface area contributed by atoms with Crippen LogP contribution in [-0.4, -0.2) is 59.4 Å². The Morgan fingerprint density at radius 1 is 1.04 bits per heavy atom. The average Bonchev–Trinajstić information content (AvgIpc) is 2.63. The van der Waals surface area contributed by atoms with Gasteiger partial charge in [0.05, 0.1) is 0 Å². The molecule has 158 valence electrons. The molecule has 0 saturated carbocycles. The Balaban J connectivity index is 4.84. The van der Waals surface area contributed by atoms with E-state index in [1.165, 1.54) is 25.7 Å². The molecule has 3 atom stereocenters. The zero-order chi connectivity index (χ0) is 21.0. The fraction of sp³-hybridized carbons (Fsp3) is 0.818. The van der Waals surface area contributed by atoms with Crippen molar-refractivity contribution in [3.05, 3.63) is 11.8 Å². The molecule has 0 radical (unpaired) electrons. The van der Waals surface area contributed by atoms with Crippen molar-refractivity contribution in [3.63, 3.8) is 0 Å². The summed E-state index contributed by atoms with van der Waals surface area (Å²) in [6, 6.07) is 0.730. The molecule has 0 spiro atoms. The Morgan fingerprint density at radius 2 is 1.63 bits per heavy atom. The summed E-state index contributed by atoms with van der Waals surface area (Å²) < 4.78 is 0. The third-order valence-corrected chi connectivity index (χ3v) is 5.67. The largest absolute Gasteiger partial charge is 0.475 e. The quantitative estimate of drug-likeness (QED) is 0.332. The molecule has 0 aliphatic rings. The fourth-order valence-electron chi connectivity index (χ4n) is 3.60. The molecule has 0 aromatic carbocycles. The number of ketones is 1. The SMILES string of the molecule is CCCC(CC)CCN(C)C(CCC)CC(C)N(C)C=C(C)C(=O)C(=O)O. The van der Waals surface area contributed by atoms with Gasteiger partial charge in [0.15, 0.2) is 0 Å². The van der Waals surface area contributed by atoms with Crippen LogP contribution in [-0.2, 0) is 9.59 Å². The zero-order valence-electron chi connectivity index (χ0n) is 18.6. The standard InChI is InChI=1S/C22H42N2O3/c1-8-11-19(10-3)13-14-23(6)20(12-9-2)15-18(5)24(7)16-17(4)21(25)22(26)27/h16,18-20H,8-15H2,1-7H3,(H,26,27). The highest BCUT2D eigenvalue weighted by atomic mass is 16.4. The van der Waals surface area contributed by atoms with Crippen LogP contribution in [0.3, 0.4) is 0 Å². The van der Waals surface area contributed by atoms with Gasteiger partial charge in [-0.05, 0) is 52.6 Å². The molecule has 1 N–H and O–H groups in total. The van der Waals surface area contributed by atoms with Crippen molar-refractivity contribution >= 4 is 11.8 Å². The monoisotopic (exact) mass is 382 g/mol. The number of hydrogen-bond donors (Lipinski definition) is 1. The normalized spacial score (nSPS) is 15.5. The lowest BCUT2D eigenvalue weighted by atomic mass is 9.95. The molecular formula is C22H42N2O3. The van der Waals surface area contributed by atoms with Crippen molar-refractivity contribution in [1.82, 2.24) is 9.80 Å². The third-order valence-electron chi connectivity index (χ3n) is 5.67. The van der Waals surface area contributed by atoms with Crippen molar-refractivity contribution in [2.75, 3.05) is 20.6 Å². The topological polar surface area (TPSA) is 60.9 Å². The van der Waals surface area contributed by atoms with Crippen LogP contribution in [0.2, 0.25) is 0 Å². The van der Waals surface area contributed by atoms with Crippen molar-refractivity contribution in [2.24, 2.45) is 5.92 Å². The molecule has 0 amide bonds. The first-order valence-corrected chi connectivity index (χ1v) is 10.6. The number of aliphatic carboxylic acids is 1. The van der Waals surface area contributed by atoms with E-state index in [4.69, 9.17) is 5.11 Å². The van der Waals surface area contributed by atoms with Crippen LogP contribution in [0.1, 0.15) is 79.6 Å². The number of nitrogens with zero attached hydrogens (tertiary/aromatic N) is 2. The van der Waals surface area contributed by atoms with Gasteiger partial charge in [-0.25, -0.2) is 4.79 Å². The van der Waals surface area contributed by atoms with E-state index in [1.807, 2.05) is 11.9 Å². The second-order valence-corrected chi connectivity index (χ2v) is 7.97. The highest BCUT2D eigenvalue weighted by Gasteiger charge is 2.21. The van der Waals surface area contributed by atoms with Gasteiger partial charge in [-0.3, -0.25) is 4.79 Å². The molecule has 0 saturated heterocycles. The molecule has 0 fully saturated rings. The number of carbonyl (C=O) groups is 2. The maximum atomic E-state index is 11.6. The second kappa shape index (κ2) is 13.8. The molecule has 0 aromatic rings. The van der Waals surface area contributed by atoms with Gasteiger partial charge in [-0.1, -0.05) is 46.5 Å². The maximum Gasteiger partial charge on any atom is 0.376 e. The van der Waals surface area contributed by atoms with Crippen molar-refractivity contribution in [1.29, 1.82) is 0 Å². The fourth-order valence-corrected chi connectivity index (χ4v) is 3.60. The first kappa shape index (κ1) is 25.6. The molecule has 0 aliphatic carbocycles. The number of carboxylic acid groups (broad SMARTS) is 1. The number of Topliss-reactive ketones (excluding diaryl/α,β-unsaturated/α-hetero) is 1. The second-order valence-electron chi connectivity index (χ2n) is 7.97. The van der Waals surface area contributed by atoms with Crippen molar-refractivity contribution in [3.8, 4) is 0 Å². The van der Waals surface area contributed by atoms with E-state index in [-0.39, 0.29) is 11.6 Å². The molecule has 0 rings (SSSR count). The van der Waals surface area contributed by atoms with Gasteiger partial charge in [0.1, 0.15) is 0 Å².